The Hall–Kier alpha value is -8.98. The summed E-state index contributed by atoms with van der Waals surface area (Å²) in [6, 6.07) is 98.7. The molecule has 322 valence electrons. The van der Waals surface area contributed by atoms with Gasteiger partial charge in [-0.05, 0) is 127 Å². The first-order chi connectivity index (χ1) is 34.3. The second-order valence-electron chi connectivity index (χ2n) is 18.3. The Balaban J connectivity index is 1.06. The second kappa shape index (κ2) is 15.6. The van der Waals surface area contributed by atoms with E-state index in [1.165, 1.54) is 99.7 Å². The predicted molar refractivity (Wildman–Crippen MR) is 288 cm³/mol. The van der Waals surface area contributed by atoms with Crippen LogP contribution < -0.4 is 4.90 Å². The summed E-state index contributed by atoms with van der Waals surface area (Å²) in [5, 5.41) is 2.50. The lowest BCUT2D eigenvalue weighted by atomic mass is 9.70. The largest absolute Gasteiger partial charge is 0.310 e. The molecule has 0 N–H and O–H groups in total. The fourth-order valence-corrected chi connectivity index (χ4v) is 12.0. The van der Waals surface area contributed by atoms with Gasteiger partial charge in [-0.1, -0.05) is 212 Å². The van der Waals surface area contributed by atoms with Crippen LogP contribution in [0.4, 0.5) is 17.1 Å². The van der Waals surface area contributed by atoms with E-state index in [0.29, 0.717) is 0 Å². The molecule has 0 fully saturated rings. The lowest BCUT2D eigenvalue weighted by molar-refractivity contribution is 0.793. The van der Waals surface area contributed by atoms with E-state index in [2.05, 4.69) is 276 Å². The van der Waals surface area contributed by atoms with Crippen molar-refractivity contribution in [3.05, 3.63) is 289 Å². The van der Waals surface area contributed by atoms with Gasteiger partial charge in [0.1, 0.15) is 0 Å². The van der Waals surface area contributed by atoms with Crippen molar-refractivity contribution in [3.8, 4) is 61.3 Å². The number of rotatable bonds is 7. The van der Waals surface area contributed by atoms with Crippen LogP contribution in [0.5, 0.6) is 0 Å². The third-order valence-electron chi connectivity index (χ3n) is 14.8. The summed E-state index contributed by atoms with van der Waals surface area (Å²) in [4.78, 5) is 2.52. The molecule has 2 nitrogen and oxygen atoms in total. The van der Waals surface area contributed by atoms with Crippen LogP contribution in [-0.4, -0.2) is 4.57 Å². The number of benzene rings is 11. The molecule has 69 heavy (non-hydrogen) atoms. The van der Waals surface area contributed by atoms with Gasteiger partial charge >= 0.3 is 0 Å². The first-order valence-corrected chi connectivity index (χ1v) is 23.9. The van der Waals surface area contributed by atoms with E-state index in [4.69, 9.17) is 0 Å². The number of aromatic nitrogens is 1. The zero-order valence-electron chi connectivity index (χ0n) is 37.8. The second-order valence-corrected chi connectivity index (χ2v) is 18.3. The van der Waals surface area contributed by atoms with Crippen molar-refractivity contribution in [3.63, 3.8) is 0 Å². The van der Waals surface area contributed by atoms with Gasteiger partial charge in [-0.3, -0.25) is 0 Å². The first kappa shape index (κ1) is 39.2. The van der Waals surface area contributed by atoms with Crippen molar-refractivity contribution in [1.29, 1.82) is 0 Å². The maximum absolute atomic E-state index is 2.52. The summed E-state index contributed by atoms with van der Waals surface area (Å²) >= 11 is 0. The molecule has 0 bridgehead atoms. The summed E-state index contributed by atoms with van der Waals surface area (Å²) in [5.74, 6) is 0. The lowest BCUT2D eigenvalue weighted by Crippen LogP contribution is -2.26. The maximum atomic E-state index is 2.52. The summed E-state index contributed by atoms with van der Waals surface area (Å²) in [5.41, 5.74) is 23.8. The lowest BCUT2D eigenvalue weighted by Gasteiger charge is -2.33. The SMILES string of the molecule is c1ccc(-c2ccccc2-c2c(-c3ccccc3)cccc2N(c2ccc(-n3c4ccccc4c4ccccc43)cc2)c2ccc3c(c2)C2(c4ccccc4-c4ccccc42)c2ccccc2-3)cc1. The molecule has 2 aliphatic rings. The quantitative estimate of drug-likeness (QED) is 0.155. The van der Waals surface area contributed by atoms with E-state index in [1.54, 1.807) is 0 Å². The molecule has 2 aliphatic carbocycles. The Morgan fingerprint density at radius 1 is 0.290 bits per heavy atom. The molecule has 12 aromatic rings. The van der Waals surface area contributed by atoms with Gasteiger partial charge in [0.05, 0.1) is 22.1 Å². The Morgan fingerprint density at radius 2 is 0.725 bits per heavy atom. The minimum absolute atomic E-state index is 0.490. The Kier molecular flexibility index (Phi) is 8.84. The van der Waals surface area contributed by atoms with Gasteiger partial charge in [0.2, 0.25) is 0 Å². The topological polar surface area (TPSA) is 8.17 Å². The third kappa shape index (κ3) is 5.79. The minimum Gasteiger partial charge on any atom is -0.310 e. The average molecular weight is 877 g/mol. The zero-order chi connectivity index (χ0) is 45.5. The van der Waals surface area contributed by atoms with Crippen molar-refractivity contribution < 1.29 is 0 Å². The Bertz CT molecular complexity index is 3840. The van der Waals surface area contributed by atoms with Crippen LogP contribution in [0.25, 0.3) is 83.1 Å². The first-order valence-electron chi connectivity index (χ1n) is 23.9. The smallest absolute Gasteiger partial charge is 0.0726 e. The van der Waals surface area contributed by atoms with E-state index in [-0.39, 0.29) is 0 Å². The van der Waals surface area contributed by atoms with Gasteiger partial charge in [-0.2, -0.15) is 0 Å². The van der Waals surface area contributed by atoms with Crippen LogP contribution in [-0.2, 0) is 5.41 Å². The standard InChI is InChI=1S/C67H44N2/c1-3-20-45(21-4-1)50-24-7-8-30-58(50)66-51(46-22-5-2-6-23-46)31-19-37-65(66)68(47-38-40-48(41-39-47)69-63-35-17-12-28-56(63)57-29-13-18-36-64(57)69)49-42-43-55-54-27-11-16-34-61(54)67(62(55)44-49)59-32-14-9-25-52(59)53-26-10-15-33-60(53)67/h1-44H. The van der Waals surface area contributed by atoms with E-state index >= 15 is 0 Å². The maximum Gasteiger partial charge on any atom is 0.0726 e. The normalized spacial score (nSPS) is 12.8. The summed E-state index contributed by atoms with van der Waals surface area (Å²) < 4.78 is 2.40. The molecule has 1 aromatic heterocycles. The molecule has 0 atom stereocenters. The van der Waals surface area contributed by atoms with Crippen LogP contribution in [0.3, 0.4) is 0 Å². The molecule has 0 saturated heterocycles. The number of hydrogen-bond donors (Lipinski definition) is 0. The average Bonchev–Trinajstić information content (AvgIpc) is 4.04. The van der Waals surface area contributed by atoms with E-state index < -0.39 is 5.41 Å². The monoisotopic (exact) mass is 876 g/mol. The van der Waals surface area contributed by atoms with E-state index in [0.717, 1.165) is 22.7 Å². The predicted octanol–water partition coefficient (Wildman–Crippen LogP) is 17.6. The van der Waals surface area contributed by atoms with Crippen molar-refractivity contribution >= 4 is 38.9 Å². The number of fused-ring (bicyclic) bond motifs is 13. The van der Waals surface area contributed by atoms with Crippen LogP contribution in [0, 0.1) is 0 Å². The molecular formula is C67H44N2. The molecule has 0 saturated carbocycles. The molecule has 1 spiro atoms. The van der Waals surface area contributed by atoms with Gasteiger partial charge < -0.3 is 9.47 Å². The van der Waals surface area contributed by atoms with E-state index in [1.807, 2.05) is 0 Å². The molecule has 0 unspecified atom stereocenters. The van der Waals surface area contributed by atoms with Gasteiger partial charge in [0.25, 0.3) is 0 Å². The van der Waals surface area contributed by atoms with Crippen molar-refractivity contribution in [2.75, 3.05) is 4.90 Å². The minimum atomic E-state index is -0.490. The number of anilines is 3. The molecule has 0 radical (unpaired) electrons. The van der Waals surface area contributed by atoms with E-state index in [9.17, 15) is 0 Å². The highest BCUT2D eigenvalue weighted by Crippen LogP contribution is 2.63. The fraction of sp³-hybridized carbons (Fsp3) is 0.0149. The van der Waals surface area contributed by atoms with Crippen LogP contribution >= 0.6 is 0 Å². The number of hydrogen-bond acceptors (Lipinski definition) is 1. The fourth-order valence-electron chi connectivity index (χ4n) is 12.0. The van der Waals surface area contributed by atoms with Crippen molar-refractivity contribution in [2.45, 2.75) is 5.41 Å². The third-order valence-corrected chi connectivity index (χ3v) is 14.8. The van der Waals surface area contributed by atoms with Crippen LogP contribution in [0.2, 0.25) is 0 Å². The highest BCUT2D eigenvalue weighted by atomic mass is 15.1. The highest BCUT2D eigenvalue weighted by molar-refractivity contribution is 6.09. The van der Waals surface area contributed by atoms with Gasteiger partial charge in [0.15, 0.2) is 0 Å². The molecule has 2 heteroatoms. The van der Waals surface area contributed by atoms with Crippen LogP contribution in [0.15, 0.2) is 267 Å². The van der Waals surface area contributed by atoms with Gasteiger partial charge in [-0.25, -0.2) is 0 Å². The zero-order valence-corrected chi connectivity index (χ0v) is 37.8. The molecule has 1 heterocycles. The molecule has 0 amide bonds. The number of para-hydroxylation sites is 2. The highest BCUT2D eigenvalue weighted by Gasteiger charge is 2.51. The molecule has 14 rings (SSSR count). The Morgan fingerprint density at radius 3 is 1.30 bits per heavy atom. The summed E-state index contributed by atoms with van der Waals surface area (Å²) in [6.45, 7) is 0. The summed E-state index contributed by atoms with van der Waals surface area (Å²) in [6.07, 6.45) is 0. The van der Waals surface area contributed by atoms with Gasteiger partial charge in [0, 0.05) is 33.4 Å². The van der Waals surface area contributed by atoms with Crippen molar-refractivity contribution in [2.24, 2.45) is 0 Å². The van der Waals surface area contributed by atoms with Crippen molar-refractivity contribution in [1.82, 2.24) is 4.57 Å². The van der Waals surface area contributed by atoms with Crippen LogP contribution in [0.1, 0.15) is 22.3 Å². The summed E-state index contributed by atoms with van der Waals surface area (Å²) in [7, 11) is 0. The van der Waals surface area contributed by atoms with Gasteiger partial charge in [-0.15, -0.1) is 0 Å². The molecule has 0 aliphatic heterocycles. The molecular weight excluding hydrogens is 833 g/mol. The number of nitrogens with zero attached hydrogens (tertiary/aromatic N) is 2. The Labute approximate surface area is 402 Å². The molecule has 11 aromatic carbocycles.